The van der Waals surface area contributed by atoms with E-state index >= 15 is 0 Å². The van der Waals surface area contributed by atoms with Crippen molar-refractivity contribution in [1.29, 1.82) is 0 Å². The molecule has 3 rings (SSSR count). The SMILES string of the molecule is Cc1cc(C2CCCNC2)oc(=O)c1C(=O)NCCCc1cnn(C)c1.Cl.Cl. The van der Waals surface area contributed by atoms with E-state index in [1.165, 1.54) is 0 Å². The van der Waals surface area contributed by atoms with Crippen molar-refractivity contribution in [2.75, 3.05) is 19.6 Å². The van der Waals surface area contributed by atoms with Crippen LogP contribution >= 0.6 is 24.8 Å². The van der Waals surface area contributed by atoms with E-state index in [2.05, 4.69) is 15.7 Å². The van der Waals surface area contributed by atoms with Gasteiger partial charge in [0.1, 0.15) is 11.3 Å². The topological polar surface area (TPSA) is 89.2 Å². The number of rotatable bonds is 6. The standard InChI is InChI=1S/C19H26N4O3.2ClH/c1-13-9-16(15-6-4-7-20-11-15)26-19(25)17(13)18(24)21-8-3-5-14-10-22-23(2)12-14;;/h9-10,12,15,20H,3-8,11H2,1-2H3,(H,21,24);2*1H. The Balaban J connectivity index is 0.00000196. The van der Waals surface area contributed by atoms with Crippen LogP contribution in [0.3, 0.4) is 0 Å². The predicted molar refractivity (Wildman–Crippen MR) is 113 cm³/mol. The van der Waals surface area contributed by atoms with Crippen LogP contribution in [0.25, 0.3) is 0 Å². The first-order valence-electron chi connectivity index (χ1n) is 9.15. The van der Waals surface area contributed by atoms with Crippen LogP contribution in [0.2, 0.25) is 0 Å². The number of amides is 1. The summed E-state index contributed by atoms with van der Waals surface area (Å²) in [6, 6.07) is 1.84. The van der Waals surface area contributed by atoms with Crippen LogP contribution in [0.15, 0.2) is 27.7 Å². The maximum absolute atomic E-state index is 12.4. The zero-order valence-electron chi connectivity index (χ0n) is 16.2. The number of halogens is 2. The van der Waals surface area contributed by atoms with Crippen molar-refractivity contribution in [3.63, 3.8) is 0 Å². The molecule has 156 valence electrons. The largest absolute Gasteiger partial charge is 0.427 e. The Morgan fingerprint density at radius 1 is 1.43 bits per heavy atom. The molecule has 1 amide bonds. The minimum atomic E-state index is -0.546. The lowest BCUT2D eigenvalue weighted by molar-refractivity contribution is 0.0948. The number of piperidine rings is 1. The number of carbonyl (C=O) groups is 1. The van der Waals surface area contributed by atoms with Gasteiger partial charge in [-0.15, -0.1) is 24.8 Å². The molecule has 1 aliphatic rings. The molecule has 1 fully saturated rings. The average Bonchev–Trinajstić information content (AvgIpc) is 3.04. The lowest BCUT2D eigenvalue weighted by Crippen LogP contribution is -2.32. The zero-order chi connectivity index (χ0) is 18.5. The smallest absolute Gasteiger partial charge is 0.349 e. The number of hydrogen-bond acceptors (Lipinski definition) is 5. The number of nitrogens with zero attached hydrogens (tertiary/aromatic N) is 2. The van der Waals surface area contributed by atoms with Crippen molar-refractivity contribution >= 4 is 30.7 Å². The summed E-state index contributed by atoms with van der Waals surface area (Å²) in [6.45, 7) is 4.10. The summed E-state index contributed by atoms with van der Waals surface area (Å²) in [7, 11) is 1.88. The molecule has 2 aromatic rings. The van der Waals surface area contributed by atoms with E-state index in [4.69, 9.17) is 4.42 Å². The molecule has 1 saturated heterocycles. The maximum atomic E-state index is 12.4. The molecule has 9 heteroatoms. The molecule has 2 aromatic heterocycles. The Morgan fingerprint density at radius 3 is 2.82 bits per heavy atom. The summed E-state index contributed by atoms with van der Waals surface area (Å²) in [5.41, 5.74) is 1.36. The lowest BCUT2D eigenvalue weighted by Gasteiger charge is -2.22. The molecule has 7 nitrogen and oxygen atoms in total. The highest BCUT2D eigenvalue weighted by Crippen LogP contribution is 2.23. The van der Waals surface area contributed by atoms with Crippen LogP contribution in [-0.2, 0) is 13.5 Å². The molecule has 28 heavy (non-hydrogen) atoms. The van der Waals surface area contributed by atoms with Crippen LogP contribution in [0.4, 0.5) is 0 Å². The van der Waals surface area contributed by atoms with E-state index in [9.17, 15) is 9.59 Å². The average molecular weight is 431 g/mol. The monoisotopic (exact) mass is 430 g/mol. The Morgan fingerprint density at radius 2 is 2.21 bits per heavy atom. The van der Waals surface area contributed by atoms with Crippen molar-refractivity contribution in [3.05, 3.63) is 51.3 Å². The summed E-state index contributed by atoms with van der Waals surface area (Å²) in [5.74, 6) is 0.510. The predicted octanol–water partition coefficient (Wildman–Crippen LogP) is 2.35. The van der Waals surface area contributed by atoms with Gasteiger partial charge in [0.2, 0.25) is 0 Å². The van der Waals surface area contributed by atoms with E-state index in [0.717, 1.165) is 44.3 Å². The number of aromatic nitrogens is 2. The van der Waals surface area contributed by atoms with Crippen molar-refractivity contribution in [2.24, 2.45) is 7.05 Å². The van der Waals surface area contributed by atoms with Gasteiger partial charge in [-0.3, -0.25) is 9.48 Å². The Hall–Kier alpha value is -1.83. The third kappa shape index (κ3) is 6.09. The van der Waals surface area contributed by atoms with Crippen LogP contribution in [0, 0.1) is 6.92 Å². The van der Waals surface area contributed by atoms with Crippen molar-refractivity contribution in [1.82, 2.24) is 20.4 Å². The second-order valence-corrected chi connectivity index (χ2v) is 6.92. The highest BCUT2D eigenvalue weighted by atomic mass is 35.5. The summed E-state index contributed by atoms with van der Waals surface area (Å²) < 4.78 is 7.22. The summed E-state index contributed by atoms with van der Waals surface area (Å²) in [4.78, 5) is 24.7. The van der Waals surface area contributed by atoms with Crippen molar-refractivity contribution in [3.8, 4) is 0 Å². The number of hydrogen-bond donors (Lipinski definition) is 2. The molecule has 0 aromatic carbocycles. The van der Waals surface area contributed by atoms with E-state index in [0.29, 0.717) is 17.9 Å². The third-order valence-corrected chi connectivity index (χ3v) is 4.78. The van der Waals surface area contributed by atoms with Crippen molar-refractivity contribution in [2.45, 2.75) is 38.5 Å². The molecule has 0 radical (unpaired) electrons. The molecule has 0 saturated carbocycles. The van der Waals surface area contributed by atoms with Gasteiger partial charge in [0.15, 0.2) is 0 Å². The minimum absolute atomic E-state index is 0. The van der Waals surface area contributed by atoms with E-state index < -0.39 is 5.63 Å². The molecule has 2 N–H and O–H groups in total. The van der Waals surface area contributed by atoms with E-state index in [1.54, 1.807) is 11.6 Å². The van der Waals surface area contributed by atoms with E-state index in [1.807, 2.05) is 25.5 Å². The fourth-order valence-electron chi connectivity index (χ4n) is 3.39. The highest BCUT2D eigenvalue weighted by molar-refractivity contribution is 5.95. The highest BCUT2D eigenvalue weighted by Gasteiger charge is 2.22. The molecule has 1 unspecified atom stereocenters. The first-order valence-corrected chi connectivity index (χ1v) is 9.15. The van der Waals surface area contributed by atoms with Crippen LogP contribution in [0.5, 0.6) is 0 Å². The van der Waals surface area contributed by atoms with Crippen LogP contribution in [0.1, 0.15) is 52.4 Å². The lowest BCUT2D eigenvalue weighted by atomic mass is 9.95. The fraction of sp³-hybridized carbons (Fsp3) is 0.526. The Labute approximate surface area is 177 Å². The molecule has 3 heterocycles. The molecular formula is C19H28Cl2N4O3. The minimum Gasteiger partial charge on any atom is -0.427 e. The first-order chi connectivity index (χ1) is 12.5. The first kappa shape index (κ1) is 24.2. The number of aryl methyl sites for hydroxylation is 3. The zero-order valence-corrected chi connectivity index (χ0v) is 17.8. The molecular weight excluding hydrogens is 403 g/mol. The Kier molecular flexibility index (Phi) is 9.72. The maximum Gasteiger partial charge on any atom is 0.349 e. The van der Waals surface area contributed by atoms with Gasteiger partial charge in [-0.25, -0.2) is 4.79 Å². The van der Waals surface area contributed by atoms with Gasteiger partial charge in [-0.05, 0) is 56.3 Å². The molecule has 0 aliphatic carbocycles. The van der Waals surface area contributed by atoms with Crippen LogP contribution in [-0.4, -0.2) is 35.3 Å². The van der Waals surface area contributed by atoms with Gasteiger partial charge in [0.05, 0.1) is 6.20 Å². The summed E-state index contributed by atoms with van der Waals surface area (Å²) in [5, 5.41) is 10.2. The number of nitrogens with one attached hydrogen (secondary N) is 2. The Bertz CT molecular complexity index is 829. The van der Waals surface area contributed by atoms with Crippen LogP contribution < -0.4 is 16.3 Å². The van der Waals surface area contributed by atoms with Gasteiger partial charge in [0, 0.05) is 32.3 Å². The fourth-order valence-corrected chi connectivity index (χ4v) is 3.39. The second-order valence-electron chi connectivity index (χ2n) is 6.92. The summed E-state index contributed by atoms with van der Waals surface area (Å²) >= 11 is 0. The summed E-state index contributed by atoms with van der Waals surface area (Å²) in [6.07, 6.45) is 7.45. The van der Waals surface area contributed by atoms with Crippen molar-refractivity contribution < 1.29 is 9.21 Å². The van der Waals surface area contributed by atoms with Gasteiger partial charge in [-0.2, -0.15) is 5.10 Å². The third-order valence-electron chi connectivity index (χ3n) is 4.78. The molecule has 1 aliphatic heterocycles. The molecule has 0 spiro atoms. The van der Waals surface area contributed by atoms with Gasteiger partial charge < -0.3 is 15.1 Å². The second kappa shape index (κ2) is 11.2. The van der Waals surface area contributed by atoms with Gasteiger partial charge >= 0.3 is 5.63 Å². The van der Waals surface area contributed by atoms with Gasteiger partial charge in [0.25, 0.3) is 5.91 Å². The molecule has 1 atom stereocenters. The van der Waals surface area contributed by atoms with E-state index in [-0.39, 0.29) is 42.2 Å². The normalized spacial score (nSPS) is 16.0. The quantitative estimate of drug-likeness (QED) is 0.686. The number of carbonyl (C=O) groups excluding carboxylic acids is 1. The molecule has 0 bridgehead atoms. The van der Waals surface area contributed by atoms with Gasteiger partial charge in [-0.1, -0.05) is 0 Å².